The first kappa shape index (κ1) is 21.8. The highest BCUT2D eigenvalue weighted by atomic mass is 35.5. The van der Waals surface area contributed by atoms with E-state index in [1.165, 1.54) is 12.1 Å². The van der Waals surface area contributed by atoms with Crippen LogP contribution in [0.1, 0.15) is 5.56 Å². The lowest BCUT2D eigenvalue weighted by Crippen LogP contribution is -2.15. The SMILES string of the molecule is O=C(O)COC(=O)Cc1cc(OS(=O)(=O)O)ccc1Nc1c(Cl)cccc1Cl. The van der Waals surface area contributed by atoms with E-state index in [1.807, 2.05) is 0 Å². The fourth-order valence-corrected chi connectivity index (χ4v) is 2.95. The summed E-state index contributed by atoms with van der Waals surface area (Å²) in [7, 11) is -4.79. The molecule has 0 heterocycles. The smallest absolute Gasteiger partial charge is 0.446 e. The molecule has 0 amide bonds. The number of carboxylic acid groups (broad SMARTS) is 1. The fourth-order valence-electron chi connectivity index (χ4n) is 2.11. The van der Waals surface area contributed by atoms with Gasteiger partial charge in [-0.25, -0.2) is 4.79 Å². The average molecular weight is 450 g/mol. The van der Waals surface area contributed by atoms with Gasteiger partial charge >= 0.3 is 22.3 Å². The Hall–Kier alpha value is -2.53. The highest BCUT2D eigenvalue weighted by Gasteiger charge is 2.16. The molecule has 0 radical (unpaired) electrons. The van der Waals surface area contributed by atoms with Crippen molar-refractivity contribution >= 4 is 56.9 Å². The van der Waals surface area contributed by atoms with Crippen molar-refractivity contribution < 1.29 is 36.6 Å². The summed E-state index contributed by atoms with van der Waals surface area (Å²) in [6, 6.07) is 8.51. The van der Waals surface area contributed by atoms with Crippen molar-refractivity contribution in [3.05, 3.63) is 52.0 Å². The predicted octanol–water partition coefficient (Wildman–Crippen LogP) is 3.09. The number of esters is 1. The number of anilines is 2. The Morgan fingerprint density at radius 2 is 1.75 bits per heavy atom. The number of benzene rings is 2. The number of ether oxygens (including phenoxy) is 1. The zero-order chi connectivity index (χ0) is 20.9. The third kappa shape index (κ3) is 6.57. The molecule has 0 spiro atoms. The first-order chi connectivity index (χ1) is 13.0. The van der Waals surface area contributed by atoms with Gasteiger partial charge in [0.25, 0.3) is 0 Å². The van der Waals surface area contributed by atoms with E-state index in [0.717, 1.165) is 6.07 Å². The van der Waals surface area contributed by atoms with E-state index in [-0.39, 0.29) is 21.4 Å². The van der Waals surface area contributed by atoms with E-state index in [0.29, 0.717) is 11.4 Å². The summed E-state index contributed by atoms with van der Waals surface area (Å²) < 4.78 is 39.6. The summed E-state index contributed by atoms with van der Waals surface area (Å²) in [6.07, 6.45) is -0.430. The number of carboxylic acids is 1. The monoisotopic (exact) mass is 449 g/mol. The molecule has 0 aliphatic heterocycles. The van der Waals surface area contributed by atoms with Crippen LogP contribution in [0.25, 0.3) is 0 Å². The molecule has 0 saturated heterocycles. The molecule has 0 saturated carbocycles. The van der Waals surface area contributed by atoms with Gasteiger partial charge in [-0.1, -0.05) is 29.3 Å². The molecular formula is C16H13Cl2NO8S. The van der Waals surface area contributed by atoms with Crippen molar-refractivity contribution in [3.63, 3.8) is 0 Å². The van der Waals surface area contributed by atoms with Crippen LogP contribution < -0.4 is 9.50 Å². The topological polar surface area (TPSA) is 139 Å². The third-order valence-corrected chi connectivity index (χ3v) is 4.23. The minimum atomic E-state index is -4.79. The highest BCUT2D eigenvalue weighted by molar-refractivity contribution is 7.81. The lowest BCUT2D eigenvalue weighted by atomic mass is 10.1. The van der Waals surface area contributed by atoms with Crippen LogP contribution in [0, 0.1) is 0 Å². The summed E-state index contributed by atoms with van der Waals surface area (Å²) in [4.78, 5) is 22.4. The normalized spacial score (nSPS) is 11.0. The summed E-state index contributed by atoms with van der Waals surface area (Å²) in [6.45, 7) is -0.834. The Morgan fingerprint density at radius 3 is 2.32 bits per heavy atom. The van der Waals surface area contributed by atoms with Crippen LogP contribution in [-0.2, 0) is 31.1 Å². The second kappa shape index (κ2) is 9.11. The fraction of sp³-hybridized carbons (Fsp3) is 0.125. The summed E-state index contributed by atoms with van der Waals surface area (Å²) in [5.41, 5.74) is 0.798. The Kier molecular flexibility index (Phi) is 7.08. The molecule has 28 heavy (non-hydrogen) atoms. The number of halogens is 2. The maximum absolute atomic E-state index is 11.9. The maximum atomic E-state index is 11.9. The van der Waals surface area contributed by atoms with Crippen molar-refractivity contribution in [2.45, 2.75) is 6.42 Å². The largest absolute Gasteiger partial charge is 0.479 e. The molecule has 12 heteroatoms. The Bertz CT molecular complexity index is 989. The van der Waals surface area contributed by atoms with Gasteiger partial charge in [0, 0.05) is 5.69 Å². The number of carbonyl (C=O) groups is 2. The molecular weight excluding hydrogens is 437 g/mol. The highest BCUT2D eigenvalue weighted by Crippen LogP contribution is 2.34. The van der Waals surface area contributed by atoms with Gasteiger partial charge in [-0.2, -0.15) is 8.42 Å². The molecule has 0 fully saturated rings. The Morgan fingerprint density at radius 1 is 1.11 bits per heavy atom. The van der Waals surface area contributed by atoms with Crippen molar-refractivity contribution in [3.8, 4) is 5.75 Å². The zero-order valence-corrected chi connectivity index (χ0v) is 16.2. The van der Waals surface area contributed by atoms with E-state index < -0.39 is 35.4 Å². The van der Waals surface area contributed by atoms with Crippen LogP contribution in [0.5, 0.6) is 5.75 Å². The van der Waals surface area contributed by atoms with Crippen LogP contribution >= 0.6 is 23.2 Å². The standard InChI is InChI=1S/C16H13Cl2NO8S/c17-11-2-1-3-12(18)16(11)19-13-5-4-10(27-28(23,24)25)6-9(13)7-15(22)26-8-14(20)21/h1-6,19H,7-8H2,(H,20,21)(H,23,24,25). The van der Waals surface area contributed by atoms with Crippen LogP contribution in [0.4, 0.5) is 11.4 Å². The van der Waals surface area contributed by atoms with Crippen LogP contribution in [-0.4, -0.2) is 36.6 Å². The third-order valence-electron chi connectivity index (χ3n) is 3.19. The molecule has 0 aliphatic carbocycles. The van der Waals surface area contributed by atoms with Gasteiger partial charge in [-0.3, -0.25) is 9.35 Å². The van der Waals surface area contributed by atoms with Gasteiger partial charge in [0.2, 0.25) is 0 Å². The van der Waals surface area contributed by atoms with Crippen molar-refractivity contribution in [2.24, 2.45) is 0 Å². The molecule has 0 aliphatic rings. The number of nitrogens with one attached hydrogen (secondary N) is 1. The maximum Gasteiger partial charge on any atom is 0.446 e. The van der Waals surface area contributed by atoms with E-state index >= 15 is 0 Å². The molecule has 0 aromatic heterocycles. The molecule has 2 aromatic carbocycles. The van der Waals surface area contributed by atoms with Crippen LogP contribution in [0.2, 0.25) is 10.0 Å². The van der Waals surface area contributed by atoms with Gasteiger partial charge < -0.3 is 19.3 Å². The number of rotatable bonds is 8. The second-order valence-electron chi connectivity index (χ2n) is 5.28. The van der Waals surface area contributed by atoms with E-state index in [1.54, 1.807) is 18.2 Å². The molecule has 0 atom stereocenters. The Labute approximate surface area is 169 Å². The second-order valence-corrected chi connectivity index (χ2v) is 7.12. The molecule has 0 bridgehead atoms. The van der Waals surface area contributed by atoms with E-state index in [2.05, 4.69) is 14.2 Å². The zero-order valence-electron chi connectivity index (χ0n) is 13.9. The molecule has 150 valence electrons. The number of hydrogen-bond donors (Lipinski definition) is 3. The average Bonchev–Trinajstić information content (AvgIpc) is 2.56. The van der Waals surface area contributed by atoms with E-state index in [4.69, 9.17) is 32.9 Å². The number of para-hydroxylation sites is 1. The summed E-state index contributed by atoms with van der Waals surface area (Å²) in [5.74, 6) is -2.50. The lowest BCUT2D eigenvalue weighted by Gasteiger charge is -2.15. The molecule has 2 rings (SSSR count). The summed E-state index contributed by atoms with van der Waals surface area (Å²) in [5, 5.41) is 12.1. The summed E-state index contributed by atoms with van der Waals surface area (Å²) >= 11 is 12.2. The molecule has 3 N–H and O–H groups in total. The number of hydrogen-bond acceptors (Lipinski definition) is 7. The van der Waals surface area contributed by atoms with Crippen molar-refractivity contribution in [1.82, 2.24) is 0 Å². The van der Waals surface area contributed by atoms with Gasteiger partial charge in [0.05, 0.1) is 22.2 Å². The van der Waals surface area contributed by atoms with Crippen molar-refractivity contribution in [1.29, 1.82) is 0 Å². The molecule has 2 aromatic rings. The minimum absolute atomic E-state index is 0.174. The predicted molar refractivity (Wildman–Crippen MR) is 101 cm³/mol. The van der Waals surface area contributed by atoms with Gasteiger partial charge in [-0.15, -0.1) is 0 Å². The number of aliphatic carboxylic acids is 1. The van der Waals surface area contributed by atoms with Gasteiger partial charge in [0.15, 0.2) is 6.61 Å². The lowest BCUT2D eigenvalue weighted by molar-refractivity contribution is -0.154. The molecule has 9 nitrogen and oxygen atoms in total. The van der Waals surface area contributed by atoms with Crippen molar-refractivity contribution in [2.75, 3.05) is 11.9 Å². The van der Waals surface area contributed by atoms with Gasteiger partial charge in [-0.05, 0) is 35.9 Å². The number of carbonyl (C=O) groups excluding carboxylic acids is 1. The first-order valence-electron chi connectivity index (χ1n) is 7.43. The van der Waals surface area contributed by atoms with Crippen LogP contribution in [0.15, 0.2) is 36.4 Å². The minimum Gasteiger partial charge on any atom is -0.479 e. The van der Waals surface area contributed by atoms with Crippen LogP contribution in [0.3, 0.4) is 0 Å². The Balaban J connectivity index is 2.37. The quantitative estimate of drug-likeness (QED) is 0.409. The first-order valence-corrected chi connectivity index (χ1v) is 9.55. The van der Waals surface area contributed by atoms with E-state index in [9.17, 15) is 18.0 Å². The van der Waals surface area contributed by atoms with Gasteiger partial charge in [0.1, 0.15) is 5.75 Å². The molecule has 0 unspecified atom stereocenters.